The van der Waals surface area contributed by atoms with Crippen LogP contribution in [0.3, 0.4) is 0 Å². The minimum Gasteiger partial charge on any atom is -0.336 e. The van der Waals surface area contributed by atoms with Crippen molar-refractivity contribution in [1.29, 1.82) is 0 Å². The number of aryl methyl sites for hydroxylation is 1. The third kappa shape index (κ3) is 5.51. The molecule has 1 aromatic rings. The van der Waals surface area contributed by atoms with E-state index in [4.69, 9.17) is 11.6 Å². The summed E-state index contributed by atoms with van der Waals surface area (Å²) in [4.78, 5) is 14.0. The average molecular weight is 299 g/mol. The first-order valence-corrected chi connectivity index (χ1v) is 7.82. The molecule has 1 aliphatic heterocycles. The van der Waals surface area contributed by atoms with Crippen LogP contribution in [0.25, 0.3) is 0 Å². The van der Waals surface area contributed by atoms with Crippen molar-refractivity contribution in [2.45, 2.75) is 34.6 Å². The van der Waals surface area contributed by atoms with Crippen molar-refractivity contribution in [3.8, 4) is 0 Å². The smallest absolute Gasteiger partial charge is 0.255 e. The van der Waals surface area contributed by atoms with E-state index in [2.05, 4.69) is 5.32 Å². The van der Waals surface area contributed by atoms with Crippen LogP contribution in [0.1, 0.15) is 43.6 Å². The van der Waals surface area contributed by atoms with Crippen molar-refractivity contribution in [2.75, 3.05) is 26.2 Å². The molecule has 1 aromatic carbocycles. The number of hydrogen-bond acceptors (Lipinski definition) is 2. The molecule has 0 bridgehead atoms. The predicted octanol–water partition coefficient (Wildman–Crippen LogP) is 3.75. The van der Waals surface area contributed by atoms with E-state index in [1.54, 1.807) is 0 Å². The molecule has 1 fully saturated rings. The number of nitrogens with one attached hydrogen (secondary N) is 1. The van der Waals surface area contributed by atoms with Gasteiger partial charge in [-0.15, -0.1) is 0 Å². The summed E-state index contributed by atoms with van der Waals surface area (Å²) in [6, 6.07) is 5.56. The van der Waals surface area contributed by atoms with Crippen LogP contribution >= 0.6 is 11.6 Å². The summed E-state index contributed by atoms with van der Waals surface area (Å²) in [7, 11) is 0. The molecule has 114 valence electrons. The molecule has 1 heterocycles. The zero-order valence-electron chi connectivity index (χ0n) is 13.3. The number of piperazine rings is 1. The highest BCUT2D eigenvalue weighted by Gasteiger charge is 2.19. The summed E-state index contributed by atoms with van der Waals surface area (Å²) in [5, 5.41) is 3.76. The van der Waals surface area contributed by atoms with E-state index >= 15 is 0 Å². The quantitative estimate of drug-likeness (QED) is 0.856. The van der Waals surface area contributed by atoms with Crippen molar-refractivity contribution in [1.82, 2.24) is 10.2 Å². The van der Waals surface area contributed by atoms with E-state index in [0.29, 0.717) is 10.6 Å². The highest BCUT2D eigenvalue weighted by atomic mass is 35.5. The second-order valence-electron chi connectivity index (χ2n) is 4.03. The second kappa shape index (κ2) is 10.7. The third-order valence-electron chi connectivity index (χ3n) is 2.76. The summed E-state index contributed by atoms with van der Waals surface area (Å²) in [5.41, 5.74) is 1.68. The van der Waals surface area contributed by atoms with Crippen LogP contribution in [0.4, 0.5) is 0 Å². The monoisotopic (exact) mass is 298 g/mol. The first kappa shape index (κ1) is 18.9. The number of halogens is 1. The van der Waals surface area contributed by atoms with E-state index in [9.17, 15) is 4.79 Å². The minimum absolute atomic E-state index is 0.0338. The molecule has 3 nitrogen and oxygen atoms in total. The van der Waals surface area contributed by atoms with E-state index in [1.807, 2.05) is 57.7 Å². The van der Waals surface area contributed by atoms with Crippen LogP contribution in [-0.2, 0) is 0 Å². The van der Waals surface area contributed by atoms with Crippen molar-refractivity contribution in [3.63, 3.8) is 0 Å². The number of rotatable bonds is 1. The van der Waals surface area contributed by atoms with Crippen LogP contribution in [0.2, 0.25) is 5.02 Å². The Balaban J connectivity index is 0.000000829. The minimum atomic E-state index is 0.0338. The topological polar surface area (TPSA) is 32.3 Å². The summed E-state index contributed by atoms with van der Waals surface area (Å²) >= 11 is 6.08. The number of carbonyl (C=O) groups excluding carboxylic acids is 1. The van der Waals surface area contributed by atoms with Crippen LogP contribution in [-0.4, -0.2) is 37.0 Å². The highest BCUT2D eigenvalue weighted by Crippen LogP contribution is 2.19. The van der Waals surface area contributed by atoms with Crippen molar-refractivity contribution < 1.29 is 4.79 Å². The molecule has 1 aliphatic rings. The normalized spacial score (nSPS) is 13.6. The Labute approximate surface area is 128 Å². The number of benzene rings is 1. The molecule has 0 unspecified atom stereocenters. The first-order chi connectivity index (χ1) is 9.68. The zero-order chi connectivity index (χ0) is 15.5. The van der Waals surface area contributed by atoms with Gasteiger partial charge in [-0.05, 0) is 24.6 Å². The molecule has 0 saturated carbocycles. The van der Waals surface area contributed by atoms with Gasteiger partial charge in [0.15, 0.2) is 0 Å². The lowest BCUT2D eigenvalue weighted by Gasteiger charge is -2.27. The highest BCUT2D eigenvalue weighted by molar-refractivity contribution is 6.33. The van der Waals surface area contributed by atoms with Gasteiger partial charge in [0.25, 0.3) is 5.91 Å². The van der Waals surface area contributed by atoms with E-state index in [0.717, 1.165) is 31.7 Å². The Morgan fingerprint density at radius 2 is 1.70 bits per heavy atom. The van der Waals surface area contributed by atoms with Crippen LogP contribution in [0.15, 0.2) is 18.2 Å². The van der Waals surface area contributed by atoms with E-state index in [-0.39, 0.29) is 5.91 Å². The Morgan fingerprint density at radius 1 is 1.15 bits per heavy atom. The number of amides is 1. The van der Waals surface area contributed by atoms with Crippen molar-refractivity contribution in [3.05, 3.63) is 34.3 Å². The van der Waals surface area contributed by atoms with Gasteiger partial charge in [0, 0.05) is 26.2 Å². The van der Waals surface area contributed by atoms with Crippen LogP contribution in [0, 0.1) is 6.92 Å². The van der Waals surface area contributed by atoms with Gasteiger partial charge in [-0.3, -0.25) is 4.79 Å². The molecular formula is C16H27ClN2O. The zero-order valence-corrected chi connectivity index (χ0v) is 14.0. The van der Waals surface area contributed by atoms with Crippen molar-refractivity contribution in [2.24, 2.45) is 0 Å². The summed E-state index contributed by atoms with van der Waals surface area (Å²) in [5.74, 6) is 0.0338. The van der Waals surface area contributed by atoms with Gasteiger partial charge in [0.2, 0.25) is 0 Å². The van der Waals surface area contributed by atoms with E-state index in [1.165, 1.54) is 0 Å². The molecule has 0 aromatic heterocycles. The van der Waals surface area contributed by atoms with Crippen LogP contribution in [0.5, 0.6) is 0 Å². The molecule has 1 N–H and O–H groups in total. The Kier molecular flexibility index (Phi) is 10.1. The van der Waals surface area contributed by atoms with Gasteiger partial charge in [-0.25, -0.2) is 0 Å². The molecule has 4 heteroatoms. The fraction of sp³-hybridized carbons (Fsp3) is 0.562. The fourth-order valence-electron chi connectivity index (χ4n) is 1.83. The van der Waals surface area contributed by atoms with Gasteiger partial charge in [0.05, 0.1) is 10.6 Å². The molecule has 0 radical (unpaired) electrons. The SMILES string of the molecule is CC.CC.Cc1ccc(C(=O)N2CCNCC2)c(Cl)c1. The van der Waals surface area contributed by atoms with Crippen molar-refractivity contribution >= 4 is 17.5 Å². The number of hydrogen-bond donors (Lipinski definition) is 1. The van der Waals surface area contributed by atoms with Gasteiger partial charge < -0.3 is 10.2 Å². The molecular weight excluding hydrogens is 272 g/mol. The lowest BCUT2D eigenvalue weighted by molar-refractivity contribution is 0.0736. The molecule has 1 amide bonds. The Bertz CT molecular complexity index is 401. The molecule has 2 rings (SSSR count). The predicted molar refractivity (Wildman–Crippen MR) is 87.7 cm³/mol. The lowest BCUT2D eigenvalue weighted by Crippen LogP contribution is -2.46. The summed E-state index contributed by atoms with van der Waals surface area (Å²) in [6.45, 7) is 13.2. The molecule has 0 atom stereocenters. The molecule has 20 heavy (non-hydrogen) atoms. The second-order valence-corrected chi connectivity index (χ2v) is 4.43. The first-order valence-electron chi connectivity index (χ1n) is 7.44. The maximum atomic E-state index is 12.1. The van der Waals surface area contributed by atoms with Gasteiger partial charge in [0.1, 0.15) is 0 Å². The Morgan fingerprint density at radius 3 is 2.20 bits per heavy atom. The average Bonchev–Trinajstić information content (AvgIpc) is 2.51. The lowest BCUT2D eigenvalue weighted by atomic mass is 10.1. The third-order valence-corrected chi connectivity index (χ3v) is 3.07. The molecule has 0 aliphatic carbocycles. The molecule has 0 spiro atoms. The van der Waals surface area contributed by atoms with Crippen LogP contribution < -0.4 is 5.32 Å². The maximum Gasteiger partial charge on any atom is 0.255 e. The Hall–Kier alpha value is -1.06. The fourth-order valence-corrected chi connectivity index (χ4v) is 2.15. The van der Waals surface area contributed by atoms with Gasteiger partial charge >= 0.3 is 0 Å². The standard InChI is InChI=1S/C12H15ClN2O.2C2H6/c1-9-2-3-10(11(13)8-9)12(16)15-6-4-14-5-7-15;2*1-2/h2-3,8,14H,4-7H2,1H3;2*1-2H3. The van der Waals surface area contributed by atoms with E-state index < -0.39 is 0 Å². The molecule has 1 saturated heterocycles. The van der Waals surface area contributed by atoms with Gasteiger partial charge in [-0.1, -0.05) is 45.4 Å². The number of carbonyl (C=O) groups is 1. The number of nitrogens with zero attached hydrogens (tertiary/aromatic N) is 1. The summed E-state index contributed by atoms with van der Waals surface area (Å²) in [6.07, 6.45) is 0. The largest absolute Gasteiger partial charge is 0.336 e. The summed E-state index contributed by atoms with van der Waals surface area (Å²) < 4.78 is 0. The van der Waals surface area contributed by atoms with Gasteiger partial charge in [-0.2, -0.15) is 0 Å². The maximum absolute atomic E-state index is 12.1.